The maximum absolute atomic E-state index is 14.2. The van der Waals surface area contributed by atoms with E-state index >= 15 is 0 Å². The van der Waals surface area contributed by atoms with Gasteiger partial charge in [-0.3, -0.25) is 4.79 Å². The zero-order chi connectivity index (χ0) is 20.7. The van der Waals surface area contributed by atoms with Gasteiger partial charge >= 0.3 is 0 Å². The van der Waals surface area contributed by atoms with E-state index in [1.54, 1.807) is 30.3 Å². The van der Waals surface area contributed by atoms with E-state index in [-0.39, 0.29) is 18.0 Å². The molecule has 3 N–H and O–H groups in total. The molecular weight excluding hydrogens is 381 g/mol. The standard InChI is InChI=1S/C21H27ClFN3O2/c1-3-25(4-2)11-12-26(20(27)14-24)19-10-9-15(22)13-17(19)21(28)16-7-5-6-8-18(16)23/h5-10,13,21,28H,3-4,11-12,14,24H2,1-2H3. The summed E-state index contributed by atoms with van der Waals surface area (Å²) in [5, 5.41) is 11.3. The Balaban J connectivity index is 2.46. The number of carbonyl (C=O) groups excluding carboxylic acids is 1. The Morgan fingerprint density at radius 2 is 1.82 bits per heavy atom. The van der Waals surface area contributed by atoms with Crippen LogP contribution in [-0.2, 0) is 4.79 Å². The highest BCUT2D eigenvalue weighted by atomic mass is 35.5. The lowest BCUT2D eigenvalue weighted by Crippen LogP contribution is -2.42. The fourth-order valence-electron chi connectivity index (χ4n) is 3.13. The molecule has 0 spiro atoms. The van der Waals surface area contributed by atoms with Crippen molar-refractivity contribution in [3.63, 3.8) is 0 Å². The number of likely N-dealkylation sites (N-methyl/N-ethyl adjacent to an activating group) is 1. The van der Waals surface area contributed by atoms with Crippen LogP contribution < -0.4 is 10.6 Å². The van der Waals surface area contributed by atoms with Crippen LogP contribution in [0.5, 0.6) is 0 Å². The Kier molecular flexibility index (Phi) is 8.38. The molecule has 0 heterocycles. The van der Waals surface area contributed by atoms with Crippen LogP contribution in [0.1, 0.15) is 31.1 Å². The summed E-state index contributed by atoms with van der Waals surface area (Å²) in [6, 6.07) is 10.9. The molecule has 0 fully saturated rings. The number of rotatable bonds is 9. The van der Waals surface area contributed by atoms with Gasteiger partial charge in [-0.15, -0.1) is 0 Å². The van der Waals surface area contributed by atoms with E-state index in [0.29, 0.717) is 29.4 Å². The van der Waals surface area contributed by atoms with E-state index in [0.717, 1.165) is 13.1 Å². The van der Waals surface area contributed by atoms with Gasteiger partial charge in [0.1, 0.15) is 11.9 Å². The Morgan fingerprint density at radius 1 is 1.14 bits per heavy atom. The molecule has 152 valence electrons. The number of amides is 1. The second-order valence-corrected chi connectivity index (χ2v) is 6.84. The number of nitrogens with two attached hydrogens (primary N) is 1. The number of carbonyl (C=O) groups is 1. The number of aliphatic hydroxyl groups is 1. The van der Waals surface area contributed by atoms with Crippen LogP contribution in [0, 0.1) is 5.82 Å². The quantitative estimate of drug-likeness (QED) is 0.669. The maximum Gasteiger partial charge on any atom is 0.240 e. The smallest absolute Gasteiger partial charge is 0.240 e. The number of benzene rings is 2. The van der Waals surface area contributed by atoms with Gasteiger partial charge in [0.05, 0.1) is 6.54 Å². The molecular formula is C21H27ClFN3O2. The van der Waals surface area contributed by atoms with Gasteiger partial charge in [-0.25, -0.2) is 4.39 Å². The number of nitrogens with zero attached hydrogens (tertiary/aromatic N) is 2. The molecule has 2 aromatic rings. The number of aliphatic hydroxyl groups excluding tert-OH is 1. The second kappa shape index (κ2) is 10.5. The summed E-state index contributed by atoms with van der Waals surface area (Å²) in [6.45, 7) is 6.69. The average Bonchev–Trinajstić information content (AvgIpc) is 2.71. The number of anilines is 1. The van der Waals surface area contributed by atoms with Crippen LogP contribution in [0.3, 0.4) is 0 Å². The molecule has 0 bridgehead atoms. The first-order chi connectivity index (χ1) is 13.4. The predicted molar refractivity (Wildman–Crippen MR) is 111 cm³/mol. The topological polar surface area (TPSA) is 69.8 Å². The van der Waals surface area contributed by atoms with E-state index < -0.39 is 11.9 Å². The third kappa shape index (κ3) is 5.29. The van der Waals surface area contributed by atoms with E-state index in [2.05, 4.69) is 4.90 Å². The van der Waals surface area contributed by atoms with Crippen molar-refractivity contribution in [2.75, 3.05) is 37.6 Å². The van der Waals surface area contributed by atoms with E-state index in [1.807, 2.05) is 13.8 Å². The van der Waals surface area contributed by atoms with E-state index in [4.69, 9.17) is 17.3 Å². The summed E-state index contributed by atoms with van der Waals surface area (Å²) in [4.78, 5) is 16.3. The molecule has 5 nitrogen and oxygen atoms in total. The van der Waals surface area contributed by atoms with Crippen molar-refractivity contribution in [3.05, 3.63) is 64.4 Å². The maximum atomic E-state index is 14.2. The number of hydrogen-bond acceptors (Lipinski definition) is 4. The zero-order valence-electron chi connectivity index (χ0n) is 16.2. The monoisotopic (exact) mass is 407 g/mol. The molecule has 0 aliphatic carbocycles. The first-order valence-electron chi connectivity index (χ1n) is 9.37. The van der Waals surface area contributed by atoms with Crippen LogP contribution in [0.2, 0.25) is 5.02 Å². The van der Waals surface area contributed by atoms with Gasteiger partial charge in [-0.05, 0) is 37.4 Å². The van der Waals surface area contributed by atoms with Crippen LogP contribution in [-0.4, -0.2) is 48.6 Å². The highest BCUT2D eigenvalue weighted by molar-refractivity contribution is 6.30. The lowest BCUT2D eigenvalue weighted by Gasteiger charge is -2.29. The summed E-state index contributed by atoms with van der Waals surface area (Å²) >= 11 is 6.14. The van der Waals surface area contributed by atoms with Crippen LogP contribution in [0.4, 0.5) is 10.1 Å². The van der Waals surface area contributed by atoms with Crippen molar-refractivity contribution in [1.82, 2.24) is 4.90 Å². The molecule has 0 saturated carbocycles. The average molecular weight is 408 g/mol. The molecule has 1 atom stereocenters. The molecule has 1 amide bonds. The lowest BCUT2D eigenvalue weighted by molar-refractivity contribution is -0.117. The van der Waals surface area contributed by atoms with Gasteiger partial charge in [0.2, 0.25) is 5.91 Å². The Morgan fingerprint density at radius 3 is 2.43 bits per heavy atom. The first kappa shape index (κ1) is 22.3. The van der Waals surface area contributed by atoms with Gasteiger partial charge in [0.25, 0.3) is 0 Å². The Hall–Kier alpha value is -1.99. The molecule has 1 unspecified atom stereocenters. The molecule has 7 heteroatoms. The Labute approximate surface area is 170 Å². The van der Waals surface area contributed by atoms with E-state index in [1.165, 1.54) is 17.0 Å². The second-order valence-electron chi connectivity index (χ2n) is 6.40. The molecule has 2 rings (SSSR count). The lowest BCUT2D eigenvalue weighted by atomic mass is 9.98. The molecule has 0 aliphatic heterocycles. The normalized spacial score (nSPS) is 12.2. The van der Waals surface area contributed by atoms with Gasteiger partial charge in [0, 0.05) is 34.9 Å². The fourth-order valence-corrected chi connectivity index (χ4v) is 3.31. The van der Waals surface area contributed by atoms with Crippen LogP contribution >= 0.6 is 11.6 Å². The van der Waals surface area contributed by atoms with Gasteiger partial charge < -0.3 is 20.6 Å². The van der Waals surface area contributed by atoms with Crippen LogP contribution in [0.25, 0.3) is 0 Å². The summed E-state index contributed by atoms with van der Waals surface area (Å²) < 4.78 is 14.2. The predicted octanol–water partition coefficient (Wildman–Crippen LogP) is 3.19. The number of hydrogen-bond donors (Lipinski definition) is 2. The number of halogens is 2. The zero-order valence-corrected chi connectivity index (χ0v) is 17.0. The van der Waals surface area contributed by atoms with Crippen molar-refractivity contribution in [3.8, 4) is 0 Å². The SMILES string of the molecule is CCN(CC)CCN(C(=O)CN)c1ccc(Cl)cc1C(O)c1ccccc1F. The summed E-state index contributed by atoms with van der Waals surface area (Å²) in [5.41, 5.74) is 6.57. The largest absolute Gasteiger partial charge is 0.383 e. The molecule has 2 aromatic carbocycles. The van der Waals surface area contributed by atoms with E-state index in [9.17, 15) is 14.3 Å². The van der Waals surface area contributed by atoms with Crippen molar-refractivity contribution < 1.29 is 14.3 Å². The highest BCUT2D eigenvalue weighted by Gasteiger charge is 2.24. The van der Waals surface area contributed by atoms with Crippen molar-refractivity contribution in [2.45, 2.75) is 20.0 Å². The summed E-state index contributed by atoms with van der Waals surface area (Å²) in [5.74, 6) is -0.808. The van der Waals surface area contributed by atoms with Gasteiger partial charge in [-0.2, -0.15) is 0 Å². The first-order valence-corrected chi connectivity index (χ1v) is 9.75. The Bertz CT molecular complexity index is 799. The third-order valence-corrected chi connectivity index (χ3v) is 5.02. The minimum absolute atomic E-state index is 0.120. The molecule has 0 aromatic heterocycles. The minimum Gasteiger partial charge on any atom is -0.383 e. The third-order valence-electron chi connectivity index (χ3n) is 4.78. The summed E-state index contributed by atoms with van der Waals surface area (Å²) in [6.07, 6.45) is -1.27. The van der Waals surface area contributed by atoms with Crippen molar-refractivity contribution >= 4 is 23.2 Å². The summed E-state index contributed by atoms with van der Waals surface area (Å²) in [7, 11) is 0. The molecule has 0 aliphatic rings. The van der Waals surface area contributed by atoms with Crippen molar-refractivity contribution in [1.29, 1.82) is 0 Å². The molecule has 0 saturated heterocycles. The van der Waals surface area contributed by atoms with Gasteiger partial charge in [0.15, 0.2) is 0 Å². The van der Waals surface area contributed by atoms with Crippen LogP contribution in [0.15, 0.2) is 42.5 Å². The van der Waals surface area contributed by atoms with Gasteiger partial charge in [-0.1, -0.05) is 43.6 Å². The highest BCUT2D eigenvalue weighted by Crippen LogP contribution is 2.34. The molecule has 0 radical (unpaired) electrons. The fraction of sp³-hybridized carbons (Fsp3) is 0.381. The van der Waals surface area contributed by atoms with Crippen molar-refractivity contribution in [2.24, 2.45) is 5.73 Å². The minimum atomic E-state index is -1.27. The molecule has 28 heavy (non-hydrogen) atoms.